The second kappa shape index (κ2) is 9.89. The Hall–Kier alpha value is -3.54. The van der Waals surface area contributed by atoms with Crippen LogP contribution in [0.25, 0.3) is 5.76 Å². The fraction of sp³-hybridized carbons (Fsp3) is 0.393. The highest BCUT2D eigenvalue weighted by molar-refractivity contribution is 7.89. The number of carbonyl (C=O) groups excluding carboxylic acids is 3. The molecule has 0 aromatic heterocycles. The van der Waals surface area contributed by atoms with Crippen molar-refractivity contribution in [2.24, 2.45) is 0 Å². The van der Waals surface area contributed by atoms with Crippen molar-refractivity contribution in [3.63, 3.8) is 0 Å². The number of para-hydroxylation sites is 1. The predicted molar refractivity (Wildman–Crippen MR) is 145 cm³/mol. The molecule has 3 heterocycles. The highest BCUT2D eigenvalue weighted by atomic mass is 32.2. The van der Waals surface area contributed by atoms with E-state index in [1.54, 1.807) is 31.2 Å². The van der Waals surface area contributed by atoms with Gasteiger partial charge >= 0.3 is 0 Å². The molecule has 2 amide bonds. The quantitative estimate of drug-likeness (QED) is 0.317. The molecule has 11 heteroatoms. The van der Waals surface area contributed by atoms with Crippen LogP contribution in [0.3, 0.4) is 0 Å². The van der Waals surface area contributed by atoms with Crippen LogP contribution in [0.1, 0.15) is 30.9 Å². The summed E-state index contributed by atoms with van der Waals surface area (Å²) in [5, 5.41) is 11.6. The van der Waals surface area contributed by atoms with Crippen LogP contribution >= 0.6 is 0 Å². The standard InChI is InChI=1S/C28H32N4O6S/c1-4-31-22-10-6-5-9-21(22)28(27(31)36)23(25(34)26(35)32(28)18-17-29(2)3)24(33)19-11-13-20(14-12-19)39(37,38)30-15-7-8-16-30/h5-6,9-14,33H,4,7-8,15-18H2,1-3H3/b24-23-. The highest BCUT2D eigenvalue weighted by Gasteiger charge is 2.66. The minimum Gasteiger partial charge on any atom is -0.507 e. The van der Waals surface area contributed by atoms with Crippen LogP contribution in [0.5, 0.6) is 0 Å². The van der Waals surface area contributed by atoms with Crippen molar-refractivity contribution in [2.45, 2.75) is 30.2 Å². The van der Waals surface area contributed by atoms with Crippen LogP contribution in [0.15, 0.2) is 59.0 Å². The van der Waals surface area contributed by atoms with Gasteiger partial charge in [-0.05, 0) is 64.2 Å². The summed E-state index contributed by atoms with van der Waals surface area (Å²) < 4.78 is 27.4. The van der Waals surface area contributed by atoms with Crippen molar-refractivity contribution >= 4 is 39.1 Å². The second-order valence-electron chi connectivity index (χ2n) is 10.2. The van der Waals surface area contributed by atoms with E-state index >= 15 is 0 Å². The van der Waals surface area contributed by atoms with Gasteiger partial charge in [0.05, 0.1) is 16.2 Å². The van der Waals surface area contributed by atoms with Crippen molar-refractivity contribution in [1.29, 1.82) is 0 Å². The number of hydrogen-bond acceptors (Lipinski definition) is 7. The van der Waals surface area contributed by atoms with Crippen LogP contribution in [0.2, 0.25) is 0 Å². The molecule has 2 fully saturated rings. The monoisotopic (exact) mass is 552 g/mol. The number of sulfonamides is 1. The minimum absolute atomic E-state index is 0.0709. The molecular weight excluding hydrogens is 520 g/mol. The number of amides is 2. The molecule has 0 bridgehead atoms. The highest BCUT2D eigenvalue weighted by Crippen LogP contribution is 2.53. The molecule has 5 rings (SSSR count). The van der Waals surface area contributed by atoms with Gasteiger partial charge in [0.25, 0.3) is 17.6 Å². The molecule has 2 aromatic carbocycles. The fourth-order valence-electron chi connectivity index (χ4n) is 5.79. The molecule has 1 spiro atoms. The molecule has 1 unspecified atom stereocenters. The number of rotatable bonds is 7. The third-order valence-corrected chi connectivity index (χ3v) is 9.64. The summed E-state index contributed by atoms with van der Waals surface area (Å²) in [5.74, 6) is -2.83. The fourth-order valence-corrected chi connectivity index (χ4v) is 7.30. The molecule has 0 radical (unpaired) electrons. The summed E-state index contributed by atoms with van der Waals surface area (Å²) in [6.45, 7) is 3.49. The Morgan fingerprint density at radius 2 is 1.64 bits per heavy atom. The van der Waals surface area contributed by atoms with E-state index in [0.29, 0.717) is 37.4 Å². The lowest BCUT2D eigenvalue weighted by Crippen LogP contribution is -2.53. The number of benzene rings is 2. The van der Waals surface area contributed by atoms with E-state index in [1.165, 1.54) is 38.4 Å². The van der Waals surface area contributed by atoms with E-state index in [2.05, 4.69) is 0 Å². The SMILES string of the molecule is CCN1C(=O)C2(/C(=C(\O)c3ccc(S(=O)(=O)N4CCCC4)cc3)C(=O)C(=O)N2CCN(C)C)c2ccccc21. The normalized spacial score (nSPS) is 23.0. The van der Waals surface area contributed by atoms with Crippen molar-refractivity contribution in [3.05, 3.63) is 65.2 Å². The van der Waals surface area contributed by atoms with Gasteiger partial charge in [0.2, 0.25) is 10.0 Å². The summed E-state index contributed by atoms with van der Waals surface area (Å²) in [6.07, 6.45) is 1.61. The molecule has 2 aromatic rings. The van der Waals surface area contributed by atoms with Crippen molar-refractivity contribution in [3.8, 4) is 0 Å². The first-order valence-electron chi connectivity index (χ1n) is 13.0. The number of likely N-dealkylation sites (N-methyl/N-ethyl adjacent to an activating group) is 2. The van der Waals surface area contributed by atoms with E-state index in [1.807, 2.05) is 19.0 Å². The number of nitrogens with zero attached hydrogens (tertiary/aromatic N) is 4. The molecule has 206 valence electrons. The number of fused-ring (bicyclic) bond motifs is 2. The van der Waals surface area contributed by atoms with Crippen LogP contribution in [-0.2, 0) is 29.9 Å². The average molecular weight is 553 g/mol. The molecule has 3 aliphatic rings. The summed E-state index contributed by atoms with van der Waals surface area (Å²) >= 11 is 0. The lowest BCUT2D eigenvalue weighted by atomic mass is 9.82. The Bertz CT molecular complexity index is 1480. The third kappa shape index (κ3) is 3.98. The van der Waals surface area contributed by atoms with E-state index < -0.39 is 38.9 Å². The molecule has 2 saturated heterocycles. The topological polar surface area (TPSA) is 119 Å². The van der Waals surface area contributed by atoms with Crippen LogP contribution in [0.4, 0.5) is 5.69 Å². The Morgan fingerprint density at radius 1 is 1.00 bits per heavy atom. The number of anilines is 1. The maximum absolute atomic E-state index is 14.2. The maximum atomic E-state index is 14.2. The third-order valence-electron chi connectivity index (χ3n) is 7.73. The smallest absolute Gasteiger partial charge is 0.296 e. The van der Waals surface area contributed by atoms with Crippen molar-refractivity contribution in [2.75, 3.05) is 51.7 Å². The Balaban J connectivity index is 1.68. The number of aliphatic hydroxyl groups is 1. The summed E-state index contributed by atoms with van der Waals surface area (Å²) in [6, 6.07) is 12.5. The summed E-state index contributed by atoms with van der Waals surface area (Å²) in [7, 11) is -0.0383. The van der Waals surface area contributed by atoms with E-state index in [9.17, 15) is 27.9 Å². The van der Waals surface area contributed by atoms with Crippen LogP contribution < -0.4 is 4.90 Å². The number of Topliss-reactive ketones (excluding diaryl/α,β-unsaturated/α-hetero) is 1. The van der Waals surface area contributed by atoms with Gasteiger partial charge in [-0.2, -0.15) is 4.31 Å². The van der Waals surface area contributed by atoms with Gasteiger partial charge in [0, 0.05) is 43.9 Å². The zero-order valence-corrected chi connectivity index (χ0v) is 23.1. The minimum atomic E-state index is -3.68. The lowest BCUT2D eigenvalue weighted by Gasteiger charge is -2.35. The number of ketones is 1. The van der Waals surface area contributed by atoms with Crippen molar-refractivity contribution in [1.82, 2.24) is 14.1 Å². The maximum Gasteiger partial charge on any atom is 0.296 e. The zero-order valence-electron chi connectivity index (χ0n) is 22.3. The zero-order chi connectivity index (χ0) is 28.1. The van der Waals surface area contributed by atoms with E-state index in [0.717, 1.165) is 12.8 Å². The molecule has 1 atom stereocenters. The van der Waals surface area contributed by atoms with Gasteiger partial charge in [-0.3, -0.25) is 14.4 Å². The first-order chi connectivity index (χ1) is 18.6. The van der Waals surface area contributed by atoms with Crippen molar-refractivity contribution < 1.29 is 27.9 Å². The average Bonchev–Trinajstić information content (AvgIpc) is 3.60. The van der Waals surface area contributed by atoms with Gasteiger partial charge in [0.1, 0.15) is 5.76 Å². The Morgan fingerprint density at radius 3 is 2.26 bits per heavy atom. The largest absolute Gasteiger partial charge is 0.507 e. The van der Waals surface area contributed by atoms with Gasteiger partial charge in [-0.15, -0.1) is 0 Å². The molecule has 39 heavy (non-hydrogen) atoms. The molecule has 10 nitrogen and oxygen atoms in total. The summed E-state index contributed by atoms with van der Waals surface area (Å²) in [5.41, 5.74) is -0.985. The number of likely N-dealkylation sites (tertiary alicyclic amines) is 1. The van der Waals surface area contributed by atoms with Gasteiger partial charge in [-0.1, -0.05) is 18.2 Å². The van der Waals surface area contributed by atoms with Gasteiger partial charge in [0.15, 0.2) is 5.54 Å². The number of aliphatic hydroxyl groups excluding tert-OH is 1. The Kier molecular flexibility index (Phi) is 6.86. The van der Waals surface area contributed by atoms with Crippen LogP contribution in [0, 0.1) is 0 Å². The van der Waals surface area contributed by atoms with Gasteiger partial charge < -0.3 is 19.8 Å². The van der Waals surface area contributed by atoms with E-state index in [-0.39, 0.29) is 22.6 Å². The lowest BCUT2D eigenvalue weighted by molar-refractivity contribution is -0.143. The molecule has 3 aliphatic heterocycles. The van der Waals surface area contributed by atoms with E-state index in [4.69, 9.17) is 0 Å². The molecule has 0 aliphatic carbocycles. The first-order valence-corrected chi connectivity index (χ1v) is 14.5. The number of hydrogen-bond donors (Lipinski definition) is 1. The van der Waals surface area contributed by atoms with Crippen LogP contribution in [-0.4, -0.2) is 92.0 Å². The Labute approximate surface area is 228 Å². The number of carbonyl (C=O) groups is 3. The second-order valence-corrected chi connectivity index (χ2v) is 12.2. The first kappa shape index (κ1) is 27.0. The summed E-state index contributed by atoms with van der Waals surface area (Å²) in [4.78, 5) is 45.9. The molecule has 0 saturated carbocycles. The molecule has 1 N–H and O–H groups in total. The predicted octanol–water partition coefficient (Wildman–Crippen LogP) is 1.98. The molecular formula is C28H32N4O6S. The van der Waals surface area contributed by atoms with Gasteiger partial charge in [-0.25, -0.2) is 8.42 Å².